The Kier molecular flexibility index (Phi) is 19.8. The van der Waals surface area contributed by atoms with Gasteiger partial charge in [0.05, 0.1) is 42.7 Å². The highest BCUT2D eigenvalue weighted by Crippen LogP contribution is 2.27. The average molecular weight is 1010 g/mol. The maximum Gasteiger partial charge on any atom is 0.408 e. The number of hydrogen-bond acceptors (Lipinski definition) is 18. The summed E-state index contributed by atoms with van der Waals surface area (Å²) in [5.41, 5.74) is 17.9. The number of pyridine rings is 2. The number of nitrogens with two attached hydrogens (primary N) is 3. The molecule has 4 atom stereocenters. The Bertz CT molecular complexity index is 2450. The SMILES string of the molecule is CC(C)(C)OC(=O)N[C@H]1COCC[C@H]1N.CC(C)(C)OC(=O)N[C@H]1COCC[C@H]1Nc1cc(Nc2cccc(C(C)(C)C)n2)c(C(N)=O)nn1.CC(C)(C)c1cccc(Nc2cc(Cl)nnc2C(N)=O)n1. The van der Waals surface area contributed by atoms with E-state index in [2.05, 4.69) is 98.5 Å². The Morgan fingerprint density at radius 2 is 1.06 bits per heavy atom. The Hall–Kier alpha value is -6.49. The lowest BCUT2D eigenvalue weighted by Crippen LogP contribution is -2.54. The number of amides is 4. The van der Waals surface area contributed by atoms with Crippen molar-refractivity contribution in [3.63, 3.8) is 0 Å². The number of carbonyl (C=O) groups excluding carboxylic acids is 4. The largest absolute Gasteiger partial charge is 0.444 e. The van der Waals surface area contributed by atoms with Crippen LogP contribution in [0.25, 0.3) is 0 Å². The zero-order chi connectivity index (χ0) is 52.9. The Morgan fingerprint density at radius 1 is 0.606 bits per heavy atom. The molecule has 22 nitrogen and oxygen atoms in total. The van der Waals surface area contributed by atoms with Crippen molar-refractivity contribution in [2.24, 2.45) is 17.2 Å². The van der Waals surface area contributed by atoms with Crippen LogP contribution in [0.4, 0.5) is 38.4 Å². The van der Waals surface area contributed by atoms with Crippen LogP contribution < -0.4 is 43.8 Å². The molecule has 4 amide bonds. The van der Waals surface area contributed by atoms with Crippen molar-refractivity contribution < 1.29 is 38.1 Å². The van der Waals surface area contributed by atoms with Crippen molar-refractivity contribution in [3.05, 3.63) is 76.5 Å². The van der Waals surface area contributed by atoms with Gasteiger partial charge in [0.25, 0.3) is 11.8 Å². The molecule has 2 saturated heterocycles. The summed E-state index contributed by atoms with van der Waals surface area (Å²) in [5, 5.41) is 30.6. The molecule has 2 aliphatic heterocycles. The molecular weight excluding hydrogens is 936 g/mol. The first-order valence-electron chi connectivity index (χ1n) is 23.1. The van der Waals surface area contributed by atoms with E-state index in [1.807, 2.05) is 45.0 Å². The number of primary amides is 2. The van der Waals surface area contributed by atoms with E-state index >= 15 is 0 Å². The van der Waals surface area contributed by atoms with Gasteiger partial charge in [0, 0.05) is 53.6 Å². The second-order valence-electron chi connectivity index (χ2n) is 20.9. The fraction of sp³-hybridized carbons (Fsp3) is 0.542. The molecule has 6 heterocycles. The normalized spacial score (nSPS) is 18.2. The van der Waals surface area contributed by atoms with Gasteiger partial charge in [-0.15, -0.1) is 20.4 Å². The zero-order valence-corrected chi connectivity index (χ0v) is 43.5. The van der Waals surface area contributed by atoms with Crippen molar-refractivity contribution in [2.75, 3.05) is 42.4 Å². The summed E-state index contributed by atoms with van der Waals surface area (Å²) in [6.45, 7) is 25.2. The van der Waals surface area contributed by atoms with Gasteiger partial charge in [-0.05, 0) is 78.6 Å². The Balaban J connectivity index is 0.000000257. The van der Waals surface area contributed by atoms with Gasteiger partial charge in [0.2, 0.25) is 0 Å². The quantitative estimate of drug-likeness (QED) is 0.0852. The van der Waals surface area contributed by atoms with Crippen LogP contribution in [0.1, 0.15) is 128 Å². The molecule has 6 rings (SSSR count). The van der Waals surface area contributed by atoms with Gasteiger partial charge < -0.3 is 62.7 Å². The van der Waals surface area contributed by atoms with E-state index in [-0.39, 0.29) is 51.5 Å². The molecule has 0 unspecified atom stereocenters. The van der Waals surface area contributed by atoms with Crippen LogP contribution in [-0.4, -0.2) is 116 Å². The second kappa shape index (κ2) is 24.6. The van der Waals surface area contributed by atoms with E-state index < -0.39 is 35.2 Å². The lowest BCUT2D eigenvalue weighted by atomic mass is 9.92. The fourth-order valence-corrected chi connectivity index (χ4v) is 6.72. The summed E-state index contributed by atoms with van der Waals surface area (Å²) in [5.74, 6) is 0.137. The highest BCUT2D eigenvalue weighted by molar-refractivity contribution is 6.29. The van der Waals surface area contributed by atoms with Gasteiger partial charge in [-0.2, -0.15) is 0 Å². The molecule has 4 aromatic rings. The molecule has 0 bridgehead atoms. The van der Waals surface area contributed by atoms with Gasteiger partial charge in [0.15, 0.2) is 22.4 Å². The van der Waals surface area contributed by atoms with Crippen molar-refractivity contribution >= 4 is 64.4 Å². The van der Waals surface area contributed by atoms with E-state index in [4.69, 9.17) is 47.7 Å². The van der Waals surface area contributed by atoms with Gasteiger partial charge >= 0.3 is 12.2 Å². The Morgan fingerprint density at radius 3 is 1.52 bits per heavy atom. The lowest BCUT2D eigenvalue weighted by molar-refractivity contribution is 0.0297. The second-order valence-corrected chi connectivity index (χ2v) is 21.3. The first-order valence-corrected chi connectivity index (χ1v) is 23.5. The molecule has 0 saturated carbocycles. The number of halogens is 1. The summed E-state index contributed by atoms with van der Waals surface area (Å²) in [6, 6.07) is 13.6. The minimum atomic E-state index is -0.714. The topological polar surface area (TPSA) is 321 Å². The minimum Gasteiger partial charge on any atom is -0.444 e. The van der Waals surface area contributed by atoms with Crippen molar-refractivity contribution in [3.8, 4) is 0 Å². The number of anilines is 5. The van der Waals surface area contributed by atoms with E-state index in [0.717, 1.165) is 17.8 Å². The maximum absolute atomic E-state index is 12.3. The standard InChI is InChI=1S/C24H35N7O4.C14H16ClN5O.C10H20N2O3/c1-23(2,3)17-8-7-9-18(29-17)27-15-12-19(30-31-20(15)21(25)32)26-14-10-11-34-13-16(14)28-22(33)35-24(4,5)6;1-14(2,3)9-5-4-6-11(18-9)17-8-7-10(15)19-20-12(8)13(16)21;1-10(2,3)15-9(13)12-8-6-14-5-4-7(8)11/h7-9,12,14,16H,10-11,13H2,1-6H3,(H2,25,32)(H,28,33)(H2,26,27,29,30);4-7H,1-3H3,(H2,16,21)(H,17,18,19);7-8H,4-6,11H2,1-3H3,(H,12,13)/t14-,16+;;7-,8+/m1.1/s1. The van der Waals surface area contributed by atoms with Crippen LogP contribution in [-0.2, 0) is 29.8 Å². The number of ether oxygens (including phenoxy) is 4. The molecule has 0 spiro atoms. The molecule has 4 aromatic heterocycles. The summed E-state index contributed by atoms with van der Waals surface area (Å²) in [4.78, 5) is 56.2. The molecular formula is C48H71ClN14O8. The van der Waals surface area contributed by atoms with Gasteiger partial charge in [0.1, 0.15) is 22.8 Å². The predicted molar refractivity (Wildman–Crippen MR) is 271 cm³/mol. The van der Waals surface area contributed by atoms with Crippen molar-refractivity contribution in [2.45, 2.75) is 142 Å². The molecule has 0 radical (unpaired) electrons. The molecule has 0 aromatic carbocycles. The Labute approximate surface area is 420 Å². The molecule has 2 aliphatic rings. The predicted octanol–water partition coefficient (Wildman–Crippen LogP) is 6.40. The molecule has 11 N–H and O–H groups in total. The third-order valence-electron chi connectivity index (χ3n) is 10.1. The van der Waals surface area contributed by atoms with Crippen LogP contribution in [0.3, 0.4) is 0 Å². The number of carbonyl (C=O) groups is 4. The zero-order valence-electron chi connectivity index (χ0n) is 42.7. The molecule has 2 fully saturated rings. The first-order chi connectivity index (χ1) is 33.0. The third-order valence-corrected chi connectivity index (χ3v) is 10.3. The summed E-state index contributed by atoms with van der Waals surface area (Å²) >= 11 is 5.81. The smallest absolute Gasteiger partial charge is 0.408 e. The number of rotatable bonds is 10. The van der Waals surface area contributed by atoms with Crippen LogP contribution in [0.2, 0.25) is 5.15 Å². The molecule has 23 heteroatoms. The highest BCUT2D eigenvalue weighted by Gasteiger charge is 2.31. The van der Waals surface area contributed by atoms with Crippen molar-refractivity contribution in [1.29, 1.82) is 0 Å². The van der Waals surface area contributed by atoms with Gasteiger partial charge in [-0.25, -0.2) is 19.6 Å². The number of aromatic nitrogens is 6. The van der Waals surface area contributed by atoms with Gasteiger partial charge in [-0.3, -0.25) is 9.59 Å². The van der Waals surface area contributed by atoms with Crippen LogP contribution in [0.5, 0.6) is 0 Å². The van der Waals surface area contributed by atoms with E-state index in [9.17, 15) is 19.2 Å². The van der Waals surface area contributed by atoms with E-state index in [1.54, 1.807) is 39.0 Å². The summed E-state index contributed by atoms with van der Waals surface area (Å²) in [6.07, 6.45) is 0.425. The number of nitrogens with zero attached hydrogens (tertiary/aromatic N) is 6. The number of hydrogen-bond donors (Lipinski definition) is 8. The van der Waals surface area contributed by atoms with Crippen LogP contribution in [0.15, 0.2) is 48.5 Å². The molecule has 388 valence electrons. The van der Waals surface area contributed by atoms with E-state index in [0.29, 0.717) is 61.7 Å². The molecule has 71 heavy (non-hydrogen) atoms. The average Bonchev–Trinajstić information content (AvgIpc) is 3.24. The fourth-order valence-electron chi connectivity index (χ4n) is 6.57. The number of alkyl carbamates (subject to hydrolysis) is 2. The summed E-state index contributed by atoms with van der Waals surface area (Å²) < 4.78 is 21.3. The third kappa shape index (κ3) is 19.3. The van der Waals surface area contributed by atoms with Crippen molar-refractivity contribution in [1.82, 2.24) is 41.0 Å². The summed E-state index contributed by atoms with van der Waals surface area (Å²) in [7, 11) is 0. The minimum absolute atomic E-state index is 0.00563. The molecule has 0 aliphatic carbocycles. The maximum atomic E-state index is 12.3. The first kappa shape index (κ1) is 57.1. The lowest BCUT2D eigenvalue weighted by Gasteiger charge is -2.33. The van der Waals surface area contributed by atoms with Crippen LogP contribution >= 0.6 is 11.6 Å². The van der Waals surface area contributed by atoms with E-state index in [1.165, 1.54) is 6.07 Å². The highest BCUT2D eigenvalue weighted by atomic mass is 35.5. The van der Waals surface area contributed by atoms with Crippen LogP contribution in [0, 0.1) is 0 Å². The monoisotopic (exact) mass is 1010 g/mol. The number of nitrogens with one attached hydrogen (secondary N) is 5. The van der Waals surface area contributed by atoms with Gasteiger partial charge in [-0.1, -0.05) is 65.3 Å².